The molecule has 13 atom stereocenters. The highest BCUT2D eigenvalue weighted by molar-refractivity contribution is 5.92. The summed E-state index contributed by atoms with van der Waals surface area (Å²) in [7, 11) is 0. The summed E-state index contributed by atoms with van der Waals surface area (Å²) in [5, 5.41) is 52.7. The van der Waals surface area contributed by atoms with Gasteiger partial charge in [0.1, 0.15) is 42.2 Å². The lowest BCUT2D eigenvalue weighted by Gasteiger charge is -2.60. The maximum absolute atomic E-state index is 13.7. The van der Waals surface area contributed by atoms with E-state index in [0.717, 1.165) is 5.57 Å². The molecule has 0 amide bonds. The van der Waals surface area contributed by atoms with Gasteiger partial charge in [-0.3, -0.25) is 9.59 Å². The first-order chi connectivity index (χ1) is 21.5. The minimum atomic E-state index is -1.79. The van der Waals surface area contributed by atoms with Crippen LogP contribution in [0.2, 0.25) is 0 Å². The van der Waals surface area contributed by atoms with Crippen molar-refractivity contribution >= 4 is 17.9 Å². The number of carbonyl (C=O) groups is 3. The third-order valence-corrected chi connectivity index (χ3v) is 12.3. The second kappa shape index (κ2) is 10.2. The quantitative estimate of drug-likeness (QED) is 0.132. The van der Waals surface area contributed by atoms with Crippen LogP contribution in [0.4, 0.5) is 0 Å². The first kappa shape index (κ1) is 32.4. The van der Waals surface area contributed by atoms with Crippen molar-refractivity contribution in [3.63, 3.8) is 0 Å². The molecule has 4 aliphatic heterocycles. The lowest BCUT2D eigenvalue weighted by atomic mass is 9.44. The second-order valence-corrected chi connectivity index (χ2v) is 15.4. The van der Waals surface area contributed by atoms with E-state index in [9.17, 15) is 39.9 Å². The Morgan fingerprint density at radius 2 is 1.78 bits per heavy atom. The molecule has 46 heavy (non-hydrogen) atoms. The van der Waals surface area contributed by atoms with Crippen LogP contribution in [-0.2, 0) is 42.8 Å². The molecule has 1 spiro atoms. The molecule has 0 aromatic carbocycles. The van der Waals surface area contributed by atoms with E-state index < -0.39 is 102 Å². The number of hydrogen-bond acceptors (Lipinski definition) is 14. The Morgan fingerprint density at radius 1 is 1.07 bits per heavy atom. The van der Waals surface area contributed by atoms with Crippen LogP contribution in [0.3, 0.4) is 0 Å². The SMILES string of the molecule is CC(C)[C@]12O[C@H]1C[C@]1(O)[C@]3(O[C@H]3C[C@H]3C4=C(CC[C@@]31C)C(=O)OC4)[C@@H]2OC(=O)CC(C)(C)C(=O)O[C@@H]1OC(CO)[C@@H](O)C(O)C1O. The van der Waals surface area contributed by atoms with E-state index in [1.165, 1.54) is 13.8 Å². The van der Waals surface area contributed by atoms with Crippen LogP contribution < -0.4 is 0 Å². The van der Waals surface area contributed by atoms with Gasteiger partial charge in [-0.15, -0.1) is 0 Å². The number of cyclic esters (lactones) is 1. The predicted octanol–water partition coefficient (Wildman–Crippen LogP) is -0.603. The minimum absolute atomic E-state index is 0.102. The number of rotatable bonds is 7. The summed E-state index contributed by atoms with van der Waals surface area (Å²) in [6.07, 6.45) is -8.60. The molecule has 0 aromatic rings. The van der Waals surface area contributed by atoms with Crippen molar-refractivity contribution in [2.45, 2.75) is 133 Å². The Balaban J connectivity index is 1.12. The van der Waals surface area contributed by atoms with Gasteiger partial charge in [-0.2, -0.15) is 0 Å². The van der Waals surface area contributed by atoms with Crippen LogP contribution in [0, 0.1) is 22.7 Å². The highest BCUT2D eigenvalue weighted by Gasteiger charge is 2.91. The summed E-state index contributed by atoms with van der Waals surface area (Å²) in [6, 6.07) is 0. The fourth-order valence-electron chi connectivity index (χ4n) is 9.43. The van der Waals surface area contributed by atoms with Crippen molar-refractivity contribution in [1.82, 2.24) is 0 Å². The van der Waals surface area contributed by atoms with Crippen LogP contribution in [0.1, 0.15) is 66.7 Å². The molecule has 5 fully saturated rings. The molecule has 3 unspecified atom stereocenters. The predicted molar refractivity (Wildman–Crippen MR) is 151 cm³/mol. The number of carbonyl (C=O) groups excluding carboxylic acids is 3. The fourth-order valence-corrected chi connectivity index (χ4v) is 9.43. The monoisotopic (exact) mass is 652 g/mol. The zero-order chi connectivity index (χ0) is 33.4. The van der Waals surface area contributed by atoms with Gasteiger partial charge >= 0.3 is 17.9 Å². The summed E-state index contributed by atoms with van der Waals surface area (Å²) in [4.78, 5) is 39.4. The summed E-state index contributed by atoms with van der Waals surface area (Å²) >= 11 is 0. The summed E-state index contributed by atoms with van der Waals surface area (Å²) in [5.74, 6) is -2.25. The Hall–Kier alpha value is -2.17. The maximum atomic E-state index is 13.7. The van der Waals surface area contributed by atoms with Gasteiger partial charge in [-0.1, -0.05) is 20.8 Å². The first-order valence-corrected chi connectivity index (χ1v) is 16.2. The summed E-state index contributed by atoms with van der Waals surface area (Å²) in [5.41, 5.74) is -4.18. The molecule has 4 heterocycles. The highest BCUT2D eigenvalue weighted by Crippen LogP contribution is 2.76. The zero-order valence-corrected chi connectivity index (χ0v) is 26.6. The van der Waals surface area contributed by atoms with Crippen molar-refractivity contribution in [3.8, 4) is 0 Å². The normalized spacial score (nSPS) is 48.8. The molecule has 3 aliphatic carbocycles. The number of epoxide rings is 2. The Morgan fingerprint density at radius 3 is 2.46 bits per heavy atom. The van der Waals surface area contributed by atoms with Gasteiger partial charge < -0.3 is 54.0 Å². The van der Waals surface area contributed by atoms with Crippen LogP contribution in [-0.4, -0.2) is 122 Å². The number of ether oxygens (including phenoxy) is 6. The van der Waals surface area contributed by atoms with Crippen LogP contribution in [0.5, 0.6) is 0 Å². The van der Waals surface area contributed by atoms with Crippen LogP contribution >= 0.6 is 0 Å². The van der Waals surface area contributed by atoms with Crippen molar-refractivity contribution in [1.29, 1.82) is 0 Å². The molecule has 0 aromatic heterocycles. The molecule has 5 N–H and O–H groups in total. The molecule has 2 saturated carbocycles. The number of hydrogen-bond donors (Lipinski definition) is 5. The van der Waals surface area contributed by atoms with Gasteiger partial charge in [0.25, 0.3) is 0 Å². The molecule has 3 saturated heterocycles. The average Bonchev–Trinajstić information content (AvgIpc) is 3.87. The molecule has 7 aliphatic rings. The Bertz CT molecular complexity index is 1370. The van der Waals surface area contributed by atoms with Gasteiger partial charge in [0.2, 0.25) is 6.29 Å². The minimum Gasteiger partial charge on any atom is -0.458 e. The highest BCUT2D eigenvalue weighted by atomic mass is 16.7. The second-order valence-electron chi connectivity index (χ2n) is 15.4. The number of aliphatic hydroxyl groups excluding tert-OH is 4. The summed E-state index contributed by atoms with van der Waals surface area (Å²) in [6.45, 7) is 8.36. The largest absolute Gasteiger partial charge is 0.458 e. The molecule has 14 heteroatoms. The number of aliphatic hydroxyl groups is 5. The van der Waals surface area contributed by atoms with Gasteiger partial charge in [0.15, 0.2) is 11.7 Å². The number of esters is 3. The van der Waals surface area contributed by atoms with Crippen molar-refractivity contribution in [2.75, 3.05) is 13.2 Å². The van der Waals surface area contributed by atoms with Crippen molar-refractivity contribution in [2.24, 2.45) is 22.7 Å². The van der Waals surface area contributed by atoms with Gasteiger partial charge in [-0.05, 0) is 50.5 Å². The molecular formula is C32H44O14. The lowest BCUT2D eigenvalue weighted by Crippen LogP contribution is -2.74. The van der Waals surface area contributed by atoms with E-state index in [4.69, 9.17) is 28.4 Å². The van der Waals surface area contributed by atoms with E-state index in [-0.39, 0.29) is 30.8 Å². The van der Waals surface area contributed by atoms with E-state index in [0.29, 0.717) is 24.8 Å². The molecule has 7 rings (SSSR count). The van der Waals surface area contributed by atoms with Gasteiger partial charge in [-0.25, -0.2) is 4.79 Å². The van der Waals surface area contributed by atoms with E-state index in [2.05, 4.69) is 0 Å². The lowest BCUT2D eigenvalue weighted by molar-refractivity contribution is -0.295. The third kappa shape index (κ3) is 4.07. The van der Waals surface area contributed by atoms with Crippen LogP contribution in [0.15, 0.2) is 11.1 Å². The van der Waals surface area contributed by atoms with Gasteiger partial charge in [0.05, 0.1) is 30.7 Å². The zero-order valence-electron chi connectivity index (χ0n) is 26.6. The molecule has 0 bridgehead atoms. The van der Waals surface area contributed by atoms with Crippen molar-refractivity contribution in [3.05, 3.63) is 11.1 Å². The fraction of sp³-hybridized carbons (Fsp3) is 0.844. The Kier molecular flexibility index (Phi) is 7.16. The van der Waals surface area contributed by atoms with Crippen LogP contribution in [0.25, 0.3) is 0 Å². The standard InChI is InChI=1S/C32H44O14/c1-13(2)31-19(45-31)9-30(40)29(5)7-6-14-15(12-41-24(14)38)16(29)8-18-32(30,46-18)26(31)43-20(34)10-28(3,4)27(39)44-25-23(37)22(36)21(35)17(11-33)42-25/h13,16-19,21-23,25-26,33,35-37,40H,6-12H2,1-5H3/t16-,17?,18-,19-,21+,22?,23?,25-,26+,29-,30+,31-,32+/m0/s1. The topological polar surface area (TPSA) is 214 Å². The van der Waals surface area contributed by atoms with E-state index in [1.807, 2.05) is 20.8 Å². The molecular weight excluding hydrogens is 608 g/mol. The van der Waals surface area contributed by atoms with E-state index in [1.54, 1.807) is 0 Å². The van der Waals surface area contributed by atoms with Crippen molar-refractivity contribution < 1.29 is 68.3 Å². The molecule has 14 nitrogen and oxygen atoms in total. The maximum Gasteiger partial charge on any atom is 0.334 e. The van der Waals surface area contributed by atoms with E-state index >= 15 is 0 Å². The number of fused-ring (bicyclic) bond motifs is 4. The third-order valence-electron chi connectivity index (χ3n) is 12.3. The molecule has 256 valence electrons. The Labute approximate surface area is 265 Å². The average molecular weight is 653 g/mol. The smallest absolute Gasteiger partial charge is 0.334 e. The molecule has 0 radical (unpaired) electrons. The summed E-state index contributed by atoms with van der Waals surface area (Å²) < 4.78 is 35.0. The van der Waals surface area contributed by atoms with Gasteiger partial charge in [0, 0.05) is 17.4 Å². The first-order valence-electron chi connectivity index (χ1n) is 16.2.